The third-order valence-electron chi connectivity index (χ3n) is 4.51. The number of amides is 3. The molecule has 3 rings (SSSR count). The van der Waals surface area contributed by atoms with Gasteiger partial charge >= 0.3 is 6.03 Å². The number of halogens is 2. The predicted molar refractivity (Wildman–Crippen MR) is 112 cm³/mol. The van der Waals surface area contributed by atoms with Gasteiger partial charge in [-0.2, -0.15) is 0 Å². The van der Waals surface area contributed by atoms with Crippen molar-refractivity contribution in [2.24, 2.45) is 0 Å². The fourth-order valence-corrected chi connectivity index (χ4v) is 3.21. The molecule has 1 aliphatic rings. The number of nitrogens with one attached hydrogen (secondary N) is 3. The van der Waals surface area contributed by atoms with E-state index in [1.807, 2.05) is 13.1 Å². The monoisotopic (exact) mass is 406 g/mol. The molecule has 0 radical (unpaired) electrons. The fourth-order valence-electron chi connectivity index (χ4n) is 3.21. The van der Waals surface area contributed by atoms with Crippen molar-refractivity contribution >= 4 is 41.4 Å². The Kier molecular flexibility index (Phi) is 7.78. The second kappa shape index (κ2) is 10.1. The zero-order chi connectivity index (χ0) is 19.2. The minimum absolute atomic E-state index is 0. The molecule has 0 fully saturated rings. The summed E-state index contributed by atoms with van der Waals surface area (Å²) in [5.41, 5.74) is 2.49. The third-order valence-corrected chi connectivity index (χ3v) is 4.51. The van der Waals surface area contributed by atoms with E-state index in [2.05, 4.69) is 16.0 Å². The molecule has 0 saturated carbocycles. The van der Waals surface area contributed by atoms with Crippen molar-refractivity contribution in [3.8, 4) is 0 Å². The van der Waals surface area contributed by atoms with Gasteiger partial charge in [0.25, 0.3) is 0 Å². The number of rotatable bonds is 5. The third kappa shape index (κ3) is 4.99. The Balaban J connectivity index is 0.00000280. The number of para-hydroxylation sites is 1. The van der Waals surface area contributed by atoms with Gasteiger partial charge in [-0.3, -0.25) is 4.79 Å². The van der Waals surface area contributed by atoms with Crippen molar-refractivity contribution in [2.45, 2.75) is 19.3 Å². The molecule has 28 heavy (non-hydrogen) atoms. The molecule has 0 saturated heterocycles. The first-order valence-corrected chi connectivity index (χ1v) is 8.99. The van der Waals surface area contributed by atoms with Crippen molar-refractivity contribution in [1.29, 1.82) is 0 Å². The van der Waals surface area contributed by atoms with Crippen LogP contribution >= 0.6 is 12.4 Å². The average Bonchev–Trinajstić information content (AvgIpc) is 2.67. The highest BCUT2D eigenvalue weighted by atomic mass is 35.5. The van der Waals surface area contributed by atoms with E-state index in [0.717, 1.165) is 24.1 Å². The first-order chi connectivity index (χ1) is 13.1. The summed E-state index contributed by atoms with van der Waals surface area (Å²) >= 11 is 0. The Hall–Kier alpha value is -2.64. The van der Waals surface area contributed by atoms with E-state index in [1.165, 1.54) is 12.1 Å². The number of hydrogen-bond donors (Lipinski definition) is 3. The van der Waals surface area contributed by atoms with Gasteiger partial charge in [0, 0.05) is 30.9 Å². The van der Waals surface area contributed by atoms with Crippen molar-refractivity contribution < 1.29 is 14.0 Å². The molecule has 0 aromatic heterocycles. The second-order valence-corrected chi connectivity index (χ2v) is 6.36. The summed E-state index contributed by atoms with van der Waals surface area (Å²) in [6, 6.07) is 11.0. The first-order valence-electron chi connectivity index (χ1n) is 8.99. The summed E-state index contributed by atoms with van der Waals surface area (Å²) in [6.07, 6.45) is 2.01. The maximum Gasteiger partial charge on any atom is 0.323 e. The number of urea groups is 1. The minimum atomic E-state index is -0.521. The van der Waals surface area contributed by atoms with Crippen LogP contribution in [-0.4, -0.2) is 32.1 Å². The molecule has 0 aliphatic carbocycles. The number of carbonyl (C=O) groups is 2. The van der Waals surface area contributed by atoms with E-state index in [-0.39, 0.29) is 24.0 Å². The van der Waals surface area contributed by atoms with Gasteiger partial charge in [0.05, 0.1) is 5.69 Å². The smallest absolute Gasteiger partial charge is 0.319 e. The summed E-state index contributed by atoms with van der Waals surface area (Å²) in [4.78, 5) is 26.5. The van der Waals surface area contributed by atoms with Crippen molar-refractivity contribution in [2.75, 3.05) is 35.7 Å². The summed E-state index contributed by atoms with van der Waals surface area (Å²) < 4.78 is 13.7. The van der Waals surface area contributed by atoms with Crippen molar-refractivity contribution in [3.63, 3.8) is 0 Å². The van der Waals surface area contributed by atoms with Gasteiger partial charge < -0.3 is 20.9 Å². The highest BCUT2D eigenvalue weighted by Crippen LogP contribution is 2.33. The molecule has 0 bridgehead atoms. The lowest BCUT2D eigenvalue weighted by Crippen LogP contribution is -2.37. The maximum absolute atomic E-state index is 13.7. The van der Waals surface area contributed by atoms with E-state index >= 15 is 0 Å². The number of hydrogen-bond acceptors (Lipinski definition) is 3. The van der Waals surface area contributed by atoms with Crippen LogP contribution in [0.1, 0.15) is 18.4 Å². The molecule has 0 spiro atoms. The van der Waals surface area contributed by atoms with Gasteiger partial charge in [-0.15, -0.1) is 12.4 Å². The van der Waals surface area contributed by atoms with E-state index in [0.29, 0.717) is 25.2 Å². The molecule has 0 atom stereocenters. The molecule has 3 amide bonds. The standard InChI is InChI=1S/C20H23FN4O2.ClH/c1-22-12-11-19(26)25-13-5-6-14-16(9-4-10-18(14)25)23-20(27)24-17-8-3-2-7-15(17)21;/h2-4,7-10,22H,5-6,11-13H2,1H3,(H2,23,24,27);1H. The van der Waals surface area contributed by atoms with Gasteiger partial charge in [0.1, 0.15) is 5.82 Å². The van der Waals surface area contributed by atoms with E-state index in [4.69, 9.17) is 0 Å². The summed E-state index contributed by atoms with van der Waals surface area (Å²) in [5.74, 6) is -0.442. The van der Waals surface area contributed by atoms with Gasteiger partial charge in [0.2, 0.25) is 5.91 Å². The molecule has 3 N–H and O–H groups in total. The lowest BCUT2D eigenvalue weighted by atomic mass is 9.99. The molecule has 2 aromatic rings. The van der Waals surface area contributed by atoms with Crippen LogP contribution in [0.2, 0.25) is 0 Å². The fraction of sp³-hybridized carbons (Fsp3) is 0.300. The lowest BCUT2D eigenvalue weighted by molar-refractivity contribution is -0.118. The summed E-state index contributed by atoms with van der Waals surface area (Å²) in [7, 11) is 1.81. The Bertz CT molecular complexity index is 847. The van der Waals surface area contributed by atoms with Gasteiger partial charge in [-0.25, -0.2) is 9.18 Å². The molecule has 8 heteroatoms. The van der Waals surface area contributed by atoms with Gasteiger partial charge in [0.15, 0.2) is 0 Å². The Morgan fingerprint density at radius 2 is 1.79 bits per heavy atom. The highest BCUT2D eigenvalue weighted by Gasteiger charge is 2.24. The SMILES string of the molecule is CNCCC(=O)N1CCCc2c(NC(=O)Nc3ccccc3F)cccc21.Cl. The van der Waals surface area contributed by atoms with E-state index in [1.54, 1.807) is 29.2 Å². The Labute approximate surface area is 169 Å². The summed E-state index contributed by atoms with van der Waals surface area (Å²) in [6.45, 7) is 1.29. The molecule has 1 aliphatic heterocycles. The van der Waals surface area contributed by atoms with Crippen LogP contribution in [0.3, 0.4) is 0 Å². The number of fused-ring (bicyclic) bond motifs is 1. The van der Waals surface area contributed by atoms with Crippen LogP contribution in [0, 0.1) is 5.82 Å². The van der Waals surface area contributed by atoms with Crippen molar-refractivity contribution in [3.05, 3.63) is 53.8 Å². The van der Waals surface area contributed by atoms with Crippen LogP contribution < -0.4 is 20.9 Å². The Morgan fingerprint density at radius 1 is 1.07 bits per heavy atom. The molecular weight excluding hydrogens is 383 g/mol. The maximum atomic E-state index is 13.7. The minimum Gasteiger partial charge on any atom is -0.319 e. The van der Waals surface area contributed by atoms with Crippen LogP contribution in [-0.2, 0) is 11.2 Å². The largest absolute Gasteiger partial charge is 0.323 e. The zero-order valence-electron chi connectivity index (χ0n) is 15.6. The molecule has 6 nitrogen and oxygen atoms in total. The first kappa shape index (κ1) is 21.7. The normalized spacial score (nSPS) is 12.6. The molecule has 0 unspecified atom stereocenters. The number of carbonyl (C=O) groups excluding carboxylic acids is 2. The highest BCUT2D eigenvalue weighted by molar-refractivity contribution is 6.02. The molecule has 2 aromatic carbocycles. The zero-order valence-corrected chi connectivity index (χ0v) is 16.4. The molecular formula is C20H24ClFN4O2. The van der Waals surface area contributed by atoms with Gasteiger partial charge in [-0.1, -0.05) is 18.2 Å². The van der Waals surface area contributed by atoms with Crippen LogP contribution in [0.25, 0.3) is 0 Å². The molecule has 150 valence electrons. The van der Waals surface area contributed by atoms with Crippen LogP contribution in [0.4, 0.5) is 26.2 Å². The van der Waals surface area contributed by atoms with Gasteiger partial charge in [-0.05, 0) is 49.7 Å². The summed E-state index contributed by atoms with van der Waals surface area (Å²) in [5, 5.41) is 8.28. The quantitative estimate of drug-likeness (QED) is 0.707. The van der Waals surface area contributed by atoms with E-state index < -0.39 is 11.8 Å². The average molecular weight is 407 g/mol. The topological polar surface area (TPSA) is 73.5 Å². The van der Waals surface area contributed by atoms with Crippen molar-refractivity contribution in [1.82, 2.24) is 5.32 Å². The Morgan fingerprint density at radius 3 is 2.54 bits per heavy atom. The van der Waals surface area contributed by atoms with Crippen LogP contribution in [0.15, 0.2) is 42.5 Å². The van der Waals surface area contributed by atoms with Crippen LogP contribution in [0.5, 0.6) is 0 Å². The molecule has 1 heterocycles. The number of benzene rings is 2. The number of anilines is 3. The lowest BCUT2D eigenvalue weighted by Gasteiger charge is -2.31. The van der Waals surface area contributed by atoms with E-state index in [9.17, 15) is 14.0 Å². The second-order valence-electron chi connectivity index (χ2n) is 6.36. The predicted octanol–water partition coefficient (Wildman–Crippen LogP) is 3.78. The number of nitrogens with zero attached hydrogens (tertiary/aromatic N) is 1.